The molecule has 0 bridgehead atoms. The van der Waals surface area contributed by atoms with Gasteiger partial charge in [0.15, 0.2) is 11.5 Å². The zero-order valence-electron chi connectivity index (χ0n) is 13.6. The molecule has 6 nitrogen and oxygen atoms in total. The minimum Gasteiger partial charge on any atom is -0.493 e. The van der Waals surface area contributed by atoms with Crippen LogP contribution in [-0.2, 0) is 6.54 Å². The van der Waals surface area contributed by atoms with Gasteiger partial charge in [-0.2, -0.15) is 13.8 Å². The van der Waals surface area contributed by atoms with Crippen LogP contribution in [0.15, 0.2) is 47.0 Å². The van der Waals surface area contributed by atoms with Gasteiger partial charge in [0.1, 0.15) is 5.82 Å². The summed E-state index contributed by atoms with van der Waals surface area (Å²) in [7, 11) is 1.34. The fourth-order valence-corrected chi connectivity index (χ4v) is 2.22. The summed E-state index contributed by atoms with van der Waals surface area (Å²) >= 11 is 0. The Kier molecular flexibility index (Phi) is 5.26. The molecule has 0 amide bonds. The summed E-state index contributed by atoms with van der Waals surface area (Å²) < 4.78 is 52.4. The monoisotopic (exact) mass is 365 g/mol. The van der Waals surface area contributed by atoms with E-state index >= 15 is 0 Å². The van der Waals surface area contributed by atoms with Crippen LogP contribution < -0.4 is 14.8 Å². The van der Waals surface area contributed by atoms with Crippen molar-refractivity contribution in [2.24, 2.45) is 0 Å². The Hall–Kier alpha value is -3.23. The van der Waals surface area contributed by atoms with Crippen LogP contribution in [0.2, 0.25) is 0 Å². The Morgan fingerprint density at radius 3 is 2.73 bits per heavy atom. The number of anilines is 1. The van der Waals surface area contributed by atoms with Crippen LogP contribution >= 0.6 is 0 Å². The van der Waals surface area contributed by atoms with E-state index < -0.39 is 6.61 Å². The van der Waals surface area contributed by atoms with Crippen LogP contribution in [0.4, 0.5) is 18.9 Å². The van der Waals surface area contributed by atoms with Gasteiger partial charge >= 0.3 is 6.61 Å². The summed E-state index contributed by atoms with van der Waals surface area (Å²) in [6.45, 7) is -2.76. The topological polar surface area (TPSA) is 69.4 Å². The van der Waals surface area contributed by atoms with Crippen molar-refractivity contribution in [1.29, 1.82) is 0 Å². The third kappa shape index (κ3) is 4.24. The van der Waals surface area contributed by atoms with E-state index in [9.17, 15) is 13.2 Å². The van der Waals surface area contributed by atoms with Crippen LogP contribution in [0.5, 0.6) is 11.5 Å². The fraction of sp³-hybridized carbons (Fsp3) is 0.176. The van der Waals surface area contributed by atoms with E-state index in [-0.39, 0.29) is 35.6 Å². The van der Waals surface area contributed by atoms with Crippen molar-refractivity contribution < 1.29 is 27.2 Å². The number of alkyl halides is 2. The summed E-state index contributed by atoms with van der Waals surface area (Å²) in [5, 5.41) is 6.79. The van der Waals surface area contributed by atoms with Gasteiger partial charge in [-0.05, 0) is 36.4 Å². The number of hydrogen-bond acceptors (Lipinski definition) is 6. The Balaban J connectivity index is 1.72. The van der Waals surface area contributed by atoms with Crippen molar-refractivity contribution in [2.75, 3.05) is 12.4 Å². The van der Waals surface area contributed by atoms with Gasteiger partial charge in [-0.1, -0.05) is 11.2 Å². The largest absolute Gasteiger partial charge is 0.493 e. The molecule has 0 spiro atoms. The first-order chi connectivity index (χ1) is 12.5. The van der Waals surface area contributed by atoms with Crippen molar-refractivity contribution >= 4 is 5.69 Å². The molecule has 2 aromatic carbocycles. The predicted molar refractivity (Wildman–Crippen MR) is 86.6 cm³/mol. The first-order valence-corrected chi connectivity index (χ1v) is 7.50. The second kappa shape index (κ2) is 7.77. The van der Waals surface area contributed by atoms with Crippen LogP contribution in [0.25, 0.3) is 11.4 Å². The Bertz CT molecular complexity index is 886. The number of halogens is 3. The summed E-state index contributed by atoms with van der Waals surface area (Å²) in [6.07, 6.45) is 0. The molecule has 0 aliphatic heterocycles. The lowest BCUT2D eigenvalue weighted by molar-refractivity contribution is -0.0512. The maximum atomic E-state index is 13.1. The van der Waals surface area contributed by atoms with Gasteiger partial charge in [0.2, 0.25) is 11.7 Å². The second-order valence-electron chi connectivity index (χ2n) is 5.12. The molecular weight excluding hydrogens is 351 g/mol. The molecule has 3 rings (SSSR count). The van der Waals surface area contributed by atoms with Crippen molar-refractivity contribution in [2.45, 2.75) is 13.2 Å². The van der Waals surface area contributed by atoms with Gasteiger partial charge in [0, 0.05) is 11.3 Å². The maximum Gasteiger partial charge on any atom is 0.387 e. The predicted octanol–water partition coefficient (Wildman–Crippen LogP) is 4.10. The second-order valence-corrected chi connectivity index (χ2v) is 5.12. The number of methoxy groups -OCH3 is 1. The molecule has 0 atom stereocenters. The van der Waals surface area contributed by atoms with E-state index in [1.54, 1.807) is 12.1 Å². The van der Waals surface area contributed by atoms with Crippen molar-refractivity contribution in [3.8, 4) is 22.9 Å². The average Bonchev–Trinajstić information content (AvgIpc) is 3.09. The van der Waals surface area contributed by atoms with Gasteiger partial charge in [0.05, 0.1) is 13.7 Å². The van der Waals surface area contributed by atoms with E-state index in [1.165, 1.54) is 37.4 Å². The van der Waals surface area contributed by atoms with E-state index in [2.05, 4.69) is 20.2 Å². The third-order valence-electron chi connectivity index (χ3n) is 3.37. The summed E-state index contributed by atoms with van der Waals surface area (Å²) in [5.41, 5.74) is 1.07. The first kappa shape index (κ1) is 17.6. The molecule has 0 unspecified atom stereocenters. The normalized spacial score (nSPS) is 10.8. The minimum absolute atomic E-state index is 0.0947. The van der Waals surface area contributed by atoms with Gasteiger partial charge in [-0.25, -0.2) is 4.39 Å². The summed E-state index contributed by atoms with van der Waals surface area (Å²) in [5.74, 6) is 0.188. The molecule has 0 aliphatic rings. The van der Waals surface area contributed by atoms with E-state index in [4.69, 9.17) is 9.26 Å². The quantitative estimate of drug-likeness (QED) is 0.680. The molecule has 0 fully saturated rings. The van der Waals surface area contributed by atoms with E-state index in [0.717, 1.165) is 0 Å². The van der Waals surface area contributed by atoms with Crippen LogP contribution in [-0.4, -0.2) is 23.9 Å². The number of benzene rings is 2. The number of nitrogens with zero attached hydrogens (tertiary/aromatic N) is 2. The van der Waals surface area contributed by atoms with Crippen LogP contribution in [0, 0.1) is 5.82 Å². The van der Waals surface area contributed by atoms with Crippen molar-refractivity contribution in [3.63, 3.8) is 0 Å². The fourth-order valence-electron chi connectivity index (χ4n) is 2.22. The smallest absolute Gasteiger partial charge is 0.387 e. The standard InChI is InChI=1S/C17H14F3N3O3/c1-24-14-7-10(5-6-13(14)25-17(19)20)16-22-15(26-23-16)9-21-12-4-2-3-11(18)8-12/h2-8,17,21H,9H2,1H3. The van der Waals surface area contributed by atoms with Crippen molar-refractivity contribution in [3.05, 3.63) is 54.2 Å². The molecule has 0 saturated carbocycles. The maximum absolute atomic E-state index is 13.1. The molecule has 136 valence electrons. The number of ether oxygens (including phenoxy) is 2. The van der Waals surface area contributed by atoms with Crippen LogP contribution in [0.3, 0.4) is 0 Å². The number of nitrogens with one attached hydrogen (secondary N) is 1. The lowest BCUT2D eigenvalue weighted by Gasteiger charge is -2.10. The van der Waals surface area contributed by atoms with E-state index in [1.807, 2.05) is 0 Å². The third-order valence-corrected chi connectivity index (χ3v) is 3.37. The Morgan fingerprint density at radius 2 is 2.00 bits per heavy atom. The number of aromatic nitrogens is 2. The van der Waals surface area contributed by atoms with Gasteiger partial charge in [0.25, 0.3) is 0 Å². The molecule has 1 aromatic heterocycles. The highest BCUT2D eigenvalue weighted by atomic mass is 19.3. The highest BCUT2D eigenvalue weighted by Crippen LogP contribution is 2.32. The molecular formula is C17H14F3N3O3. The van der Waals surface area contributed by atoms with Gasteiger partial charge in [-0.15, -0.1) is 0 Å². The molecule has 0 aliphatic carbocycles. The molecule has 0 radical (unpaired) electrons. The van der Waals surface area contributed by atoms with Crippen molar-refractivity contribution in [1.82, 2.24) is 10.1 Å². The molecule has 26 heavy (non-hydrogen) atoms. The highest BCUT2D eigenvalue weighted by Gasteiger charge is 2.14. The zero-order valence-corrected chi connectivity index (χ0v) is 13.6. The first-order valence-electron chi connectivity index (χ1n) is 7.50. The Morgan fingerprint density at radius 1 is 1.15 bits per heavy atom. The number of hydrogen-bond donors (Lipinski definition) is 1. The molecule has 1 heterocycles. The van der Waals surface area contributed by atoms with Gasteiger partial charge in [-0.3, -0.25) is 0 Å². The molecule has 3 aromatic rings. The average molecular weight is 365 g/mol. The summed E-state index contributed by atoms with van der Waals surface area (Å²) in [6, 6.07) is 10.3. The summed E-state index contributed by atoms with van der Waals surface area (Å²) in [4.78, 5) is 4.21. The lowest BCUT2D eigenvalue weighted by Crippen LogP contribution is -2.03. The van der Waals surface area contributed by atoms with Gasteiger partial charge < -0.3 is 19.3 Å². The minimum atomic E-state index is -2.96. The lowest BCUT2D eigenvalue weighted by atomic mass is 10.2. The molecule has 1 N–H and O–H groups in total. The number of rotatable bonds is 7. The van der Waals surface area contributed by atoms with Crippen LogP contribution in [0.1, 0.15) is 5.89 Å². The molecule has 0 saturated heterocycles. The SMILES string of the molecule is COc1cc(-c2noc(CNc3cccc(F)c3)n2)ccc1OC(F)F. The Labute approximate surface area is 146 Å². The zero-order chi connectivity index (χ0) is 18.5. The highest BCUT2D eigenvalue weighted by molar-refractivity contribution is 5.60. The molecule has 9 heteroatoms. The van der Waals surface area contributed by atoms with E-state index in [0.29, 0.717) is 11.3 Å².